The van der Waals surface area contributed by atoms with Gasteiger partial charge in [-0.3, -0.25) is 0 Å². The first kappa shape index (κ1) is 7.32. The molecule has 0 spiro atoms. The van der Waals surface area contributed by atoms with E-state index in [1.807, 2.05) is 6.08 Å². The van der Waals surface area contributed by atoms with Gasteiger partial charge in [-0.15, -0.1) is 6.58 Å². The van der Waals surface area contributed by atoms with Crippen molar-refractivity contribution in [2.45, 2.75) is 25.8 Å². The molecule has 1 unspecified atom stereocenters. The maximum absolute atomic E-state index is 5.28. The van der Waals surface area contributed by atoms with Crippen LogP contribution in [0, 0.1) is 0 Å². The summed E-state index contributed by atoms with van der Waals surface area (Å²) in [7, 11) is 0. The highest BCUT2D eigenvalue weighted by Crippen LogP contribution is 2.09. The lowest BCUT2D eigenvalue weighted by molar-refractivity contribution is 0.310. The van der Waals surface area contributed by atoms with Gasteiger partial charge in [0.15, 0.2) is 5.90 Å². The molecule has 0 amide bonds. The molecule has 2 nitrogen and oxygen atoms in total. The number of ether oxygens (including phenoxy) is 1. The second-order valence-corrected chi connectivity index (χ2v) is 2.39. The van der Waals surface area contributed by atoms with Gasteiger partial charge in [0, 0.05) is 6.42 Å². The first-order valence-corrected chi connectivity index (χ1v) is 3.67. The lowest BCUT2D eigenvalue weighted by Crippen LogP contribution is -2.03. The van der Waals surface area contributed by atoms with E-state index in [0.717, 1.165) is 25.3 Å². The lowest BCUT2D eigenvalue weighted by atomic mass is 10.3. The summed E-state index contributed by atoms with van der Waals surface area (Å²) in [4.78, 5) is 4.32. The third kappa shape index (κ3) is 1.59. The Morgan fingerprint density at radius 3 is 3.20 bits per heavy atom. The molecule has 0 aromatic heterocycles. The molecule has 0 saturated carbocycles. The molecule has 0 fully saturated rings. The second-order valence-electron chi connectivity index (χ2n) is 2.39. The SMILES string of the molecule is C=CCC1=NC(CC)CO1. The molecule has 2 heteroatoms. The highest BCUT2D eigenvalue weighted by atomic mass is 16.5. The number of hydrogen-bond donors (Lipinski definition) is 0. The Kier molecular flexibility index (Phi) is 2.49. The van der Waals surface area contributed by atoms with Gasteiger partial charge in [0.05, 0.1) is 6.04 Å². The summed E-state index contributed by atoms with van der Waals surface area (Å²) in [6.07, 6.45) is 3.66. The molecule has 0 bridgehead atoms. The van der Waals surface area contributed by atoms with E-state index in [0.29, 0.717) is 6.04 Å². The number of rotatable bonds is 3. The van der Waals surface area contributed by atoms with Crippen LogP contribution in [0.25, 0.3) is 0 Å². The summed E-state index contributed by atoms with van der Waals surface area (Å²) in [5, 5.41) is 0. The fourth-order valence-corrected chi connectivity index (χ4v) is 0.915. The zero-order chi connectivity index (χ0) is 7.40. The molecule has 10 heavy (non-hydrogen) atoms. The third-order valence-electron chi connectivity index (χ3n) is 1.56. The smallest absolute Gasteiger partial charge is 0.187 e. The lowest BCUT2D eigenvalue weighted by Gasteiger charge is -1.96. The van der Waals surface area contributed by atoms with Crippen molar-refractivity contribution in [3.63, 3.8) is 0 Å². The van der Waals surface area contributed by atoms with E-state index in [1.165, 1.54) is 0 Å². The van der Waals surface area contributed by atoms with Crippen molar-refractivity contribution in [1.29, 1.82) is 0 Å². The average molecular weight is 139 g/mol. The average Bonchev–Trinajstić information content (AvgIpc) is 2.37. The van der Waals surface area contributed by atoms with Crippen LogP contribution in [0.4, 0.5) is 0 Å². The van der Waals surface area contributed by atoms with Crippen molar-refractivity contribution >= 4 is 5.90 Å². The van der Waals surface area contributed by atoms with Crippen molar-refractivity contribution in [1.82, 2.24) is 0 Å². The summed E-state index contributed by atoms with van der Waals surface area (Å²) in [6.45, 7) is 6.50. The minimum atomic E-state index is 0.398. The summed E-state index contributed by atoms with van der Waals surface area (Å²) < 4.78 is 5.28. The Labute approximate surface area is 61.6 Å². The Morgan fingerprint density at radius 1 is 1.90 bits per heavy atom. The van der Waals surface area contributed by atoms with Crippen LogP contribution >= 0.6 is 0 Å². The van der Waals surface area contributed by atoms with Crippen molar-refractivity contribution in [3.05, 3.63) is 12.7 Å². The van der Waals surface area contributed by atoms with E-state index in [-0.39, 0.29) is 0 Å². The minimum absolute atomic E-state index is 0.398. The molecule has 0 aromatic carbocycles. The van der Waals surface area contributed by atoms with E-state index in [9.17, 15) is 0 Å². The minimum Gasteiger partial charge on any atom is -0.478 e. The predicted octanol–water partition coefficient (Wildman–Crippen LogP) is 1.77. The highest BCUT2D eigenvalue weighted by Gasteiger charge is 2.14. The molecule has 56 valence electrons. The summed E-state index contributed by atoms with van der Waals surface area (Å²) >= 11 is 0. The number of nitrogens with zero attached hydrogens (tertiary/aromatic N) is 1. The van der Waals surface area contributed by atoms with Gasteiger partial charge in [0.2, 0.25) is 0 Å². The molecule has 0 radical (unpaired) electrons. The maximum atomic E-state index is 5.28. The van der Waals surface area contributed by atoms with Crippen LogP contribution in [0.5, 0.6) is 0 Å². The monoisotopic (exact) mass is 139 g/mol. The zero-order valence-electron chi connectivity index (χ0n) is 6.34. The summed E-state index contributed by atoms with van der Waals surface area (Å²) in [5.41, 5.74) is 0. The molecule has 1 aliphatic heterocycles. The number of hydrogen-bond acceptors (Lipinski definition) is 2. The van der Waals surface area contributed by atoms with E-state index >= 15 is 0 Å². The van der Waals surface area contributed by atoms with Crippen LogP contribution < -0.4 is 0 Å². The largest absolute Gasteiger partial charge is 0.478 e. The third-order valence-corrected chi connectivity index (χ3v) is 1.56. The fraction of sp³-hybridized carbons (Fsp3) is 0.625. The predicted molar refractivity (Wildman–Crippen MR) is 42.3 cm³/mol. The second kappa shape index (κ2) is 3.40. The topological polar surface area (TPSA) is 21.6 Å². The molecule has 1 heterocycles. The van der Waals surface area contributed by atoms with Crippen LogP contribution in [0.3, 0.4) is 0 Å². The summed E-state index contributed by atoms with van der Waals surface area (Å²) in [6, 6.07) is 0.398. The quantitative estimate of drug-likeness (QED) is 0.546. The van der Waals surface area contributed by atoms with Gasteiger partial charge >= 0.3 is 0 Å². The van der Waals surface area contributed by atoms with Crippen molar-refractivity contribution < 1.29 is 4.74 Å². The van der Waals surface area contributed by atoms with Gasteiger partial charge in [-0.25, -0.2) is 4.99 Å². The molecular formula is C8H13NO. The zero-order valence-corrected chi connectivity index (χ0v) is 6.34. The molecule has 0 N–H and O–H groups in total. The van der Waals surface area contributed by atoms with Gasteiger partial charge in [0.25, 0.3) is 0 Å². The van der Waals surface area contributed by atoms with Gasteiger partial charge in [-0.1, -0.05) is 13.0 Å². The molecule has 1 atom stereocenters. The van der Waals surface area contributed by atoms with Crippen molar-refractivity contribution in [2.24, 2.45) is 4.99 Å². The molecule has 1 aliphatic rings. The maximum Gasteiger partial charge on any atom is 0.187 e. The first-order chi connectivity index (χ1) is 4.86. The molecule has 0 saturated heterocycles. The highest BCUT2D eigenvalue weighted by molar-refractivity contribution is 5.78. The molecular weight excluding hydrogens is 126 g/mol. The van der Waals surface area contributed by atoms with Crippen LogP contribution in [0.15, 0.2) is 17.6 Å². The summed E-state index contributed by atoms with van der Waals surface area (Å²) in [5.74, 6) is 0.849. The van der Waals surface area contributed by atoms with Gasteiger partial charge in [-0.2, -0.15) is 0 Å². The fourth-order valence-electron chi connectivity index (χ4n) is 0.915. The Morgan fingerprint density at radius 2 is 2.70 bits per heavy atom. The van der Waals surface area contributed by atoms with Crippen LogP contribution in [0.1, 0.15) is 19.8 Å². The van der Waals surface area contributed by atoms with Gasteiger partial charge < -0.3 is 4.74 Å². The van der Waals surface area contributed by atoms with E-state index in [1.54, 1.807) is 0 Å². The Balaban J connectivity index is 2.40. The van der Waals surface area contributed by atoms with Crippen molar-refractivity contribution in [2.75, 3.05) is 6.61 Å². The first-order valence-electron chi connectivity index (χ1n) is 3.67. The Hall–Kier alpha value is -0.790. The van der Waals surface area contributed by atoms with Gasteiger partial charge in [-0.05, 0) is 6.42 Å². The molecule has 0 aliphatic carbocycles. The van der Waals surface area contributed by atoms with Crippen LogP contribution in [-0.2, 0) is 4.74 Å². The standard InChI is InChI=1S/C8H13NO/c1-3-5-8-9-7(4-2)6-10-8/h3,7H,1,4-6H2,2H3. The molecule has 1 rings (SSSR count). The van der Waals surface area contributed by atoms with Gasteiger partial charge in [0.1, 0.15) is 6.61 Å². The Bertz CT molecular complexity index is 151. The van der Waals surface area contributed by atoms with E-state index in [4.69, 9.17) is 4.74 Å². The number of aliphatic imine (C=N–C) groups is 1. The van der Waals surface area contributed by atoms with E-state index < -0.39 is 0 Å². The van der Waals surface area contributed by atoms with Crippen molar-refractivity contribution in [3.8, 4) is 0 Å². The van der Waals surface area contributed by atoms with Crippen LogP contribution in [-0.4, -0.2) is 18.5 Å². The van der Waals surface area contributed by atoms with Crippen LogP contribution in [0.2, 0.25) is 0 Å². The molecule has 0 aromatic rings. The normalized spacial score (nSPS) is 23.7. The van der Waals surface area contributed by atoms with E-state index in [2.05, 4.69) is 18.5 Å².